The summed E-state index contributed by atoms with van der Waals surface area (Å²) in [6.07, 6.45) is 0.555. The third kappa shape index (κ3) is 2.39. The molecule has 0 spiro atoms. The highest BCUT2D eigenvalue weighted by atomic mass is 16.4. The Bertz CT molecular complexity index is 1160. The first-order valence-electron chi connectivity index (χ1n) is 8.47. The predicted molar refractivity (Wildman–Crippen MR) is 100 cm³/mol. The van der Waals surface area contributed by atoms with Crippen molar-refractivity contribution in [2.75, 3.05) is 0 Å². The van der Waals surface area contributed by atoms with Crippen LogP contribution >= 0.6 is 0 Å². The number of furan rings is 1. The molecule has 0 aliphatic heterocycles. The van der Waals surface area contributed by atoms with Crippen LogP contribution in [0.1, 0.15) is 33.6 Å². The van der Waals surface area contributed by atoms with Gasteiger partial charge in [0.1, 0.15) is 16.9 Å². The smallest absolute Gasteiger partial charge is 0.340 e. The normalized spacial score (nSPS) is 11.5. The molecular weight excluding hydrogens is 312 g/mol. The Morgan fingerprint density at radius 1 is 0.880 bits per heavy atom. The Morgan fingerprint density at radius 3 is 2.32 bits per heavy atom. The Labute approximate surface area is 145 Å². The molecule has 2 aromatic carbocycles. The van der Waals surface area contributed by atoms with Gasteiger partial charge in [0.15, 0.2) is 0 Å². The van der Waals surface area contributed by atoms with Gasteiger partial charge in [0.25, 0.3) is 0 Å². The summed E-state index contributed by atoms with van der Waals surface area (Å²) in [6.45, 7) is 8.05. The van der Waals surface area contributed by atoms with Gasteiger partial charge in [-0.15, -0.1) is 0 Å². The minimum absolute atomic E-state index is 0.271. The Kier molecular flexibility index (Phi) is 3.53. The SMILES string of the molecule is Cc1oc2c(c(C)cc3oc(=O)c(Cc4ccccc4)c(C)c32)c1C. The van der Waals surface area contributed by atoms with E-state index < -0.39 is 0 Å². The van der Waals surface area contributed by atoms with Crippen molar-refractivity contribution in [3.63, 3.8) is 0 Å². The van der Waals surface area contributed by atoms with E-state index >= 15 is 0 Å². The lowest BCUT2D eigenvalue weighted by atomic mass is 9.96. The van der Waals surface area contributed by atoms with Gasteiger partial charge in [-0.3, -0.25) is 0 Å². The minimum atomic E-state index is -0.271. The van der Waals surface area contributed by atoms with E-state index in [0.717, 1.165) is 44.4 Å². The summed E-state index contributed by atoms with van der Waals surface area (Å²) in [5.74, 6) is 0.904. The van der Waals surface area contributed by atoms with Gasteiger partial charge in [-0.25, -0.2) is 4.79 Å². The average molecular weight is 332 g/mol. The van der Waals surface area contributed by atoms with Crippen molar-refractivity contribution in [3.05, 3.63) is 80.4 Å². The fourth-order valence-corrected chi connectivity index (χ4v) is 3.64. The summed E-state index contributed by atoms with van der Waals surface area (Å²) in [6, 6.07) is 11.9. The van der Waals surface area contributed by atoms with E-state index in [1.165, 1.54) is 0 Å². The first-order chi connectivity index (χ1) is 12.0. The summed E-state index contributed by atoms with van der Waals surface area (Å²) in [7, 11) is 0. The molecule has 4 aromatic rings. The first kappa shape index (κ1) is 15.7. The molecule has 0 bridgehead atoms. The van der Waals surface area contributed by atoms with Crippen LogP contribution in [0.5, 0.6) is 0 Å². The van der Waals surface area contributed by atoms with Crippen LogP contribution in [-0.4, -0.2) is 0 Å². The largest absolute Gasteiger partial charge is 0.460 e. The van der Waals surface area contributed by atoms with Crippen molar-refractivity contribution in [2.45, 2.75) is 34.1 Å². The van der Waals surface area contributed by atoms with Crippen molar-refractivity contribution in [3.8, 4) is 0 Å². The molecule has 0 fully saturated rings. The monoisotopic (exact) mass is 332 g/mol. The number of aryl methyl sites for hydroxylation is 4. The second-order valence-electron chi connectivity index (χ2n) is 6.71. The number of hydrogen-bond donors (Lipinski definition) is 0. The van der Waals surface area contributed by atoms with Crippen LogP contribution in [0.4, 0.5) is 0 Å². The molecule has 2 aromatic heterocycles. The maximum Gasteiger partial charge on any atom is 0.340 e. The third-order valence-corrected chi connectivity index (χ3v) is 5.10. The van der Waals surface area contributed by atoms with Gasteiger partial charge in [-0.1, -0.05) is 30.3 Å². The lowest BCUT2D eigenvalue weighted by Crippen LogP contribution is -2.11. The lowest BCUT2D eigenvalue weighted by Gasteiger charge is -2.09. The predicted octanol–water partition coefficient (Wildman–Crippen LogP) is 5.36. The summed E-state index contributed by atoms with van der Waals surface area (Å²) < 4.78 is 11.7. The summed E-state index contributed by atoms with van der Waals surface area (Å²) in [5.41, 5.74) is 6.07. The van der Waals surface area contributed by atoms with Gasteiger partial charge >= 0.3 is 5.63 Å². The van der Waals surface area contributed by atoms with Crippen LogP contribution < -0.4 is 5.63 Å². The molecule has 3 nitrogen and oxygen atoms in total. The lowest BCUT2D eigenvalue weighted by molar-refractivity contribution is 0.547. The Morgan fingerprint density at radius 2 is 1.60 bits per heavy atom. The van der Waals surface area contributed by atoms with Crippen LogP contribution in [0.3, 0.4) is 0 Å². The molecule has 0 unspecified atom stereocenters. The Hall–Kier alpha value is -2.81. The van der Waals surface area contributed by atoms with Gasteiger partial charge in [-0.05, 0) is 56.0 Å². The quantitative estimate of drug-likeness (QED) is 0.464. The molecule has 126 valence electrons. The van der Waals surface area contributed by atoms with Crippen LogP contribution in [0, 0.1) is 27.7 Å². The van der Waals surface area contributed by atoms with Gasteiger partial charge in [0.05, 0.1) is 5.39 Å². The average Bonchev–Trinajstić information content (AvgIpc) is 2.88. The van der Waals surface area contributed by atoms with Crippen LogP contribution in [0.15, 0.2) is 50.0 Å². The van der Waals surface area contributed by atoms with E-state index in [9.17, 15) is 4.79 Å². The molecule has 4 rings (SSSR count). The van der Waals surface area contributed by atoms with Crippen molar-refractivity contribution in [1.29, 1.82) is 0 Å². The first-order valence-corrected chi connectivity index (χ1v) is 8.47. The van der Waals surface area contributed by atoms with Crippen LogP contribution in [0.25, 0.3) is 21.9 Å². The maximum absolute atomic E-state index is 12.6. The second kappa shape index (κ2) is 5.62. The molecular formula is C22H20O3. The standard InChI is InChI=1S/C22H20O3/c1-12-10-18-20(21-19(12)13(2)15(4)24-21)14(3)17(22(23)25-18)11-16-8-6-5-7-9-16/h5-10H,11H2,1-4H3. The van der Waals surface area contributed by atoms with E-state index in [1.807, 2.05) is 57.2 Å². The molecule has 0 aliphatic rings. The summed E-state index contributed by atoms with van der Waals surface area (Å²) in [5, 5.41) is 2.02. The molecule has 0 aliphatic carbocycles. The molecule has 3 heteroatoms. The molecule has 0 saturated carbocycles. The number of hydrogen-bond acceptors (Lipinski definition) is 3. The highest BCUT2D eigenvalue weighted by molar-refractivity contribution is 6.07. The zero-order chi connectivity index (χ0) is 17.7. The van der Waals surface area contributed by atoms with E-state index in [0.29, 0.717) is 17.6 Å². The topological polar surface area (TPSA) is 43.4 Å². The van der Waals surface area contributed by atoms with Crippen LogP contribution in [-0.2, 0) is 6.42 Å². The third-order valence-electron chi connectivity index (χ3n) is 5.10. The van der Waals surface area contributed by atoms with E-state index in [2.05, 4.69) is 6.92 Å². The molecule has 0 saturated heterocycles. The molecule has 0 amide bonds. The summed E-state index contributed by atoms with van der Waals surface area (Å²) in [4.78, 5) is 12.6. The van der Waals surface area contributed by atoms with Gasteiger partial charge in [0, 0.05) is 17.4 Å². The van der Waals surface area contributed by atoms with Gasteiger partial charge < -0.3 is 8.83 Å². The summed E-state index contributed by atoms with van der Waals surface area (Å²) >= 11 is 0. The van der Waals surface area contributed by atoms with Gasteiger partial charge in [0.2, 0.25) is 0 Å². The highest BCUT2D eigenvalue weighted by Gasteiger charge is 2.19. The zero-order valence-electron chi connectivity index (χ0n) is 14.9. The Balaban J connectivity index is 2.06. The van der Waals surface area contributed by atoms with Crippen molar-refractivity contribution in [2.24, 2.45) is 0 Å². The van der Waals surface area contributed by atoms with Crippen molar-refractivity contribution >= 4 is 21.9 Å². The van der Waals surface area contributed by atoms with E-state index in [4.69, 9.17) is 8.83 Å². The number of rotatable bonds is 2. The van der Waals surface area contributed by atoms with E-state index in [1.54, 1.807) is 0 Å². The molecule has 0 atom stereocenters. The van der Waals surface area contributed by atoms with Crippen molar-refractivity contribution in [1.82, 2.24) is 0 Å². The number of fused-ring (bicyclic) bond motifs is 3. The van der Waals surface area contributed by atoms with Crippen molar-refractivity contribution < 1.29 is 8.83 Å². The number of benzene rings is 2. The second-order valence-corrected chi connectivity index (χ2v) is 6.71. The fraction of sp³-hybridized carbons (Fsp3) is 0.227. The molecule has 25 heavy (non-hydrogen) atoms. The maximum atomic E-state index is 12.6. The van der Waals surface area contributed by atoms with Gasteiger partial charge in [-0.2, -0.15) is 0 Å². The molecule has 2 heterocycles. The fourth-order valence-electron chi connectivity index (χ4n) is 3.64. The van der Waals surface area contributed by atoms with Crippen LogP contribution in [0.2, 0.25) is 0 Å². The molecule has 0 radical (unpaired) electrons. The zero-order valence-corrected chi connectivity index (χ0v) is 14.9. The van der Waals surface area contributed by atoms with E-state index in [-0.39, 0.29) is 5.63 Å². The minimum Gasteiger partial charge on any atom is -0.460 e. The molecule has 0 N–H and O–H groups in total. The highest BCUT2D eigenvalue weighted by Crippen LogP contribution is 2.36.